The smallest absolute Gasteiger partial charge is 0.220 e. The van der Waals surface area contributed by atoms with Gasteiger partial charge in [-0.25, -0.2) is 0 Å². The van der Waals surface area contributed by atoms with E-state index in [2.05, 4.69) is 55.6 Å². The highest BCUT2D eigenvalue weighted by molar-refractivity contribution is 5.76. The van der Waals surface area contributed by atoms with Gasteiger partial charge < -0.3 is 65.1 Å². The predicted octanol–water partition coefficient (Wildman–Crippen LogP) is 8.22. The maximum atomic E-state index is 13.1. The van der Waals surface area contributed by atoms with Crippen LogP contribution in [0.5, 0.6) is 0 Å². The zero-order chi connectivity index (χ0) is 51.0. The van der Waals surface area contributed by atoms with Crippen LogP contribution in [-0.4, -0.2) is 140 Å². The minimum absolute atomic E-state index is 0.158. The number of nitrogens with one attached hydrogen (secondary N) is 1. The third kappa shape index (κ3) is 28.2. The number of hydrogen-bond donors (Lipinski definition) is 9. The third-order valence-corrected chi connectivity index (χ3v) is 13.2. The number of aliphatic hydroxyl groups is 8. The Morgan fingerprint density at radius 3 is 1.49 bits per heavy atom. The minimum atomic E-state index is -1.80. The fraction of sp³-hybridized carbons (Fsp3) is 0.804. The van der Waals surface area contributed by atoms with Crippen molar-refractivity contribution in [2.45, 2.75) is 267 Å². The van der Waals surface area contributed by atoms with Gasteiger partial charge in [0.25, 0.3) is 0 Å². The van der Waals surface area contributed by atoms with E-state index in [4.69, 9.17) is 18.9 Å². The highest BCUT2D eigenvalue weighted by atomic mass is 16.7. The van der Waals surface area contributed by atoms with Crippen LogP contribution in [0, 0.1) is 0 Å². The highest BCUT2D eigenvalue weighted by Gasteiger charge is 2.51. The highest BCUT2D eigenvalue weighted by Crippen LogP contribution is 2.30. The molecule has 9 N–H and O–H groups in total. The lowest BCUT2D eigenvalue weighted by Crippen LogP contribution is -2.65. The van der Waals surface area contributed by atoms with E-state index in [9.17, 15) is 45.6 Å². The number of carbonyl (C=O) groups excluding carboxylic acids is 1. The molecule has 14 nitrogen and oxygen atoms in total. The van der Waals surface area contributed by atoms with Gasteiger partial charge in [0.2, 0.25) is 5.91 Å². The molecule has 0 spiro atoms. The van der Waals surface area contributed by atoms with Crippen molar-refractivity contribution in [3.8, 4) is 0 Å². The molecule has 2 aliphatic rings. The van der Waals surface area contributed by atoms with Crippen LogP contribution in [0.3, 0.4) is 0 Å². The lowest BCUT2D eigenvalue weighted by molar-refractivity contribution is -0.359. The first-order chi connectivity index (χ1) is 34.1. The van der Waals surface area contributed by atoms with Crippen LogP contribution < -0.4 is 5.32 Å². The summed E-state index contributed by atoms with van der Waals surface area (Å²) in [5, 5.41) is 86.8. The van der Waals surface area contributed by atoms with Gasteiger partial charge in [0, 0.05) is 6.42 Å². The monoisotopic (exact) mass is 994 g/mol. The van der Waals surface area contributed by atoms with Crippen molar-refractivity contribution in [1.82, 2.24) is 5.32 Å². The number of hydrogen-bond acceptors (Lipinski definition) is 13. The molecule has 2 rings (SSSR count). The molecule has 12 unspecified atom stereocenters. The fourth-order valence-electron chi connectivity index (χ4n) is 8.77. The van der Waals surface area contributed by atoms with E-state index in [0.717, 1.165) is 44.9 Å². The zero-order valence-corrected chi connectivity index (χ0v) is 43.2. The van der Waals surface area contributed by atoms with E-state index in [1.165, 1.54) is 122 Å². The van der Waals surface area contributed by atoms with Crippen LogP contribution in [-0.2, 0) is 23.7 Å². The summed E-state index contributed by atoms with van der Waals surface area (Å²) in [6.45, 7) is 2.62. The van der Waals surface area contributed by atoms with Crippen molar-refractivity contribution in [3.63, 3.8) is 0 Å². The second kappa shape index (κ2) is 42.1. The lowest BCUT2D eigenvalue weighted by Gasteiger charge is -2.46. The predicted molar refractivity (Wildman–Crippen MR) is 277 cm³/mol. The van der Waals surface area contributed by atoms with Crippen molar-refractivity contribution in [2.24, 2.45) is 0 Å². The molecule has 0 radical (unpaired) electrons. The van der Waals surface area contributed by atoms with E-state index >= 15 is 0 Å². The summed E-state index contributed by atoms with van der Waals surface area (Å²) in [7, 11) is 0. The second-order valence-corrected chi connectivity index (χ2v) is 19.3. The van der Waals surface area contributed by atoms with Crippen molar-refractivity contribution < 1.29 is 64.6 Å². The Kier molecular flexibility index (Phi) is 38.4. The summed E-state index contributed by atoms with van der Waals surface area (Å²) < 4.78 is 22.7. The van der Waals surface area contributed by atoms with Gasteiger partial charge in [0.15, 0.2) is 12.6 Å². The van der Waals surface area contributed by atoms with Crippen LogP contribution in [0.4, 0.5) is 0 Å². The molecule has 406 valence electrons. The number of ether oxygens (including phenoxy) is 4. The van der Waals surface area contributed by atoms with E-state index in [0.29, 0.717) is 6.42 Å². The summed E-state index contributed by atoms with van der Waals surface area (Å²) in [5.41, 5.74) is 0. The van der Waals surface area contributed by atoms with Gasteiger partial charge in [-0.2, -0.15) is 0 Å². The van der Waals surface area contributed by atoms with Crippen molar-refractivity contribution in [3.05, 3.63) is 60.8 Å². The van der Waals surface area contributed by atoms with Gasteiger partial charge in [-0.3, -0.25) is 4.79 Å². The van der Waals surface area contributed by atoms with E-state index < -0.39 is 86.8 Å². The molecule has 70 heavy (non-hydrogen) atoms. The summed E-state index contributed by atoms with van der Waals surface area (Å²) in [6, 6.07) is -0.954. The number of unbranched alkanes of at least 4 members (excludes halogenated alkanes) is 21. The molecule has 2 heterocycles. The Balaban J connectivity index is 1.80. The summed E-state index contributed by atoms with van der Waals surface area (Å²) in [6.07, 6.45) is 35.7. The lowest BCUT2D eigenvalue weighted by atomic mass is 9.97. The Morgan fingerprint density at radius 2 is 0.986 bits per heavy atom. The Labute approximate surface area is 422 Å². The van der Waals surface area contributed by atoms with Gasteiger partial charge >= 0.3 is 0 Å². The van der Waals surface area contributed by atoms with Crippen LogP contribution >= 0.6 is 0 Å². The quantitative estimate of drug-likeness (QED) is 0.0208. The maximum absolute atomic E-state index is 13.1. The van der Waals surface area contributed by atoms with Crippen LogP contribution in [0.25, 0.3) is 0 Å². The number of carbonyl (C=O) groups is 1. The largest absolute Gasteiger partial charge is 0.394 e. The van der Waals surface area contributed by atoms with E-state index in [1.807, 2.05) is 18.2 Å². The zero-order valence-electron chi connectivity index (χ0n) is 43.2. The normalized spacial score (nSPS) is 26.4. The summed E-state index contributed by atoms with van der Waals surface area (Å²) >= 11 is 0. The summed E-state index contributed by atoms with van der Waals surface area (Å²) in [5.74, 6) is -0.320. The molecule has 2 fully saturated rings. The van der Waals surface area contributed by atoms with Gasteiger partial charge in [0.05, 0.1) is 32.0 Å². The van der Waals surface area contributed by atoms with Gasteiger partial charge in [-0.15, -0.1) is 0 Å². The SMILES string of the molecule is CC/C=C\C/C=C\C/C=C\C/C=C\CCC(=O)NC(COC1OC(CO)C(OC2OC(CO)C(O)C(O)C2O)C(O)C1O)C(O)/C=C/CCCCCCCCCCCCCCCCCCCCCCC. The van der Waals surface area contributed by atoms with Crippen LogP contribution in [0.1, 0.15) is 194 Å². The van der Waals surface area contributed by atoms with Gasteiger partial charge in [0.1, 0.15) is 48.8 Å². The maximum Gasteiger partial charge on any atom is 0.220 e. The number of allylic oxidation sites excluding steroid dienone is 9. The van der Waals surface area contributed by atoms with Crippen molar-refractivity contribution >= 4 is 5.91 Å². The molecule has 1 amide bonds. The third-order valence-electron chi connectivity index (χ3n) is 13.2. The average Bonchev–Trinajstić information content (AvgIpc) is 3.36. The van der Waals surface area contributed by atoms with E-state index in [-0.39, 0.29) is 18.9 Å². The van der Waals surface area contributed by atoms with Crippen LogP contribution in [0.2, 0.25) is 0 Å². The minimum Gasteiger partial charge on any atom is -0.394 e. The number of rotatable bonds is 42. The Morgan fingerprint density at radius 1 is 0.529 bits per heavy atom. The molecule has 0 aromatic carbocycles. The van der Waals surface area contributed by atoms with Crippen molar-refractivity contribution in [1.29, 1.82) is 0 Å². The van der Waals surface area contributed by atoms with Crippen LogP contribution in [0.15, 0.2) is 60.8 Å². The Hall–Kier alpha value is -2.31. The first-order valence-electron chi connectivity index (χ1n) is 27.5. The molecule has 0 bridgehead atoms. The first-order valence-corrected chi connectivity index (χ1v) is 27.5. The number of aliphatic hydroxyl groups excluding tert-OH is 8. The summed E-state index contributed by atoms with van der Waals surface area (Å²) in [4.78, 5) is 13.1. The van der Waals surface area contributed by atoms with Gasteiger partial charge in [-0.1, -0.05) is 203 Å². The van der Waals surface area contributed by atoms with E-state index in [1.54, 1.807) is 6.08 Å². The average molecular weight is 994 g/mol. The topological polar surface area (TPSA) is 228 Å². The molecule has 0 aromatic rings. The number of amides is 1. The molecule has 0 aliphatic carbocycles. The first kappa shape index (κ1) is 63.8. The Bertz CT molecular complexity index is 1410. The molecule has 0 aromatic heterocycles. The molecule has 2 saturated heterocycles. The molecular formula is C56H99NO13. The molecular weight excluding hydrogens is 895 g/mol. The molecule has 12 atom stereocenters. The molecule has 0 saturated carbocycles. The van der Waals surface area contributed by atoms with Gasteiger partial charge in [-0.05, 0) is 44.9 Å². The molecule has 14 heteroatoms. The second-order valence-electron chi connectivity index (χ2n) is 19.3. The fourth-order valence-corrected chi connectivity index (χ4v) is 8.77. The van der Waals surface area contributed by atoms with Crippen molar-refractivity contribution in [2.75, 3.05) is 19.8 Å². The molecule has 2 aliphatic heterocycles. The standard InChI is InChI=1S/C56H99NO13/c1-3-5-7-9-11-13-15-17-18-19-20-21-22-23-24-25-26-28-29-31-33-35-37-39-45(60)44(57-48(61)40-38-36-34-32-30-27-16-14-12-10-8-6-4-2)43-67-55-53(66)51(64)54(47(42-59)69-55)70-56-52(65)50(63)49(62)46(41-58)68-56/h6,8,12,14,27,30,34,36-37,39,44-47,49-56,58-60,62-66H,3-5,7,9-11,13,15-26,28-29,31-33,35,38,40-43H2,1-2H3,(H,57,61)/b8-6-,14-12-,30-27-,36-34-,39-37+.